The molecule has 1 unspecified atom stereocenters. The minimum absolute atomic E-state index is 0.208. The van der Waals surface area contributed by atoms with Crippen LogP contribution in [-0.2, 0) is 13.5 Å². The van der Waals surface area contributed by atoms with Gasteiger partial charge in [-0.3, -0.25) is 4.68 Å². The minimum Gasteiger partial charge on any atom is -0.459 e. The van der Waals surface area contributed by atoms with Crippen molar-refractivity contribution in [1.82, 2.24) is 9.78 Å². The quantitative estimate of drug-likeness (QED) is 0.801. The SMILES string of the molecule is Cc1c(C(N)CCc2cnn(C)c2)oc2ccc(F)cc12. The van der Waals surface area contributed by atoms with Crippen LogP contribution in [-0.4, -0.2) is 9.78 Å². The fourth-order valence-electron chi connectivity index (χ4n) is 2.62. The Balaban J connectivity index is 1.81. The first kappa shape index (κ1) is 13.8. The summed E-state index contributed by atoms with van der Waals surface area (Å²) in [4.78, 5) is 0. The maximum Gasteiger partial charge on any atom is 0.134 e. The number of benzene rings is 1. The van der Waals surface area contributed by atoms with E-state index in [0.29, 0.717) is 5.58 Å². The molecule has 0 fully saturated rings. The average molecular weight is 287 g/mol. The van der Waals surface area contributed by atoms with Crippen LogP contribution in [0.5, 0.6) is 0 Å². The number of aromatic nitrogens is 2. The van der Waals surface area contributed by atoms with Gasteiger partial charge >= 0.3 is 0 Å². The maximum absolute atomic E-state index is 13.3. The third-order valence-corrected chi connectivity index (χ3v) is 3.77. The lowest BCUT2D eigenvalue weighted by molar-refractivity contribution is 0.474. The lowest BCUT2D eigenvalue weighted by atomic mass is 10.0. The van der Waals surface area contributed by atoms with Crippen molar-refractivity contribution in [2.45, 2.75) is 25.8 Å². The van der Waals surface area contributed by atoms with Crippen molar-refractivity contribution in [3.63, 3.8) is 0 Å². The highest BCUT2D eigenvalue weighted by Gasteiger charge is 2.17. The van der Waals surface area contributed by atoms with Crippen molar-refractivity contribution in [3.05, 3.63) is 53.3 Å². The van der Waals surface area contributed by atoms with E-state index in [1.807, 2.05) is 26.4 Å². The van der Waals surface area contributed by atoms with E-state index in [-0.39, 0.29) is 11.9 Å². The van der Waals surface area contributed by atoms with Gasteiger partial charge in [-0.15, -0.1) is 0 Å². The van der Waals surface area contributed by atoms with Crippen LogP contribution in [0.1, 0.15) is 29.3 Å². The number of nitrogens with zero attached hydrogens (tertiary/aromatic N) is 2. The molecule has 2 aromatic heterocycles. The number of fused-ring (bicyclic) bond motifs is 1. The Kier molecular flexibility index (Phi) is 3.51. The van der Waals surface area contributed by atoms with Gasteiger partial charge in [-0.2, -0.15) is 5.10 Å². The molecule has 3 rings (SSSR count). The first-order valence-electron chi connectivity index (χ1n) is 6.96. The summed E-state index contributed by atoms with van der Waals surface area (Å²) in [5, 5.41) is 4.93. The Labute approximate surface area is 122 Å². The van der Waals surface area contributed by atoms with Gasteiger partial charge in [-0.1, -0.05) is 0 Å². The Morgan fingerprint density at radius 2 is 2.24 bits per heavy atom. The van der Waals surface area contributed by atoms with E-state index in [0.717, 1.165) is 35.1 Å². The van der Waals surface area contributed by atoms with Crippen LogP contribution in [0.2, 0.25) is 0 Å². The molecule has 1 aromatic carbocycles. The van der Waals surface area contributed by atoms with Gasteiger partial charge in [0, 0.05) is 24.2 Å². The van der Waals surface area contributed by atoms with E-state index in [2.05, 4.69) is 5.10 Å². The highest BCUT2D eigenvalue weighted by atomic mass is 19.1. The molecule has 0 aliphatic carbocycles. The molecule has 4 nitrogen and oxygen atoms in total. The van der Waals surface area contributed by atoms with Gasteiger partial charge in [0.25, 0.3) is 0 Å². The molecule has 21 heavy (non-hydrogen) atoms. The summed E-state index contributed by atoms with van der Waals surface area (Å²) >= 11 is 0. The van der Waals surface area contributed by atoms with Crippen molar-refractivity contribution in [3.8, 4) is 0 Å². The van der Waals surface area contributed by atoms with E-state index >= 15 is 0 Å². The van der Waals surface area contributed by atoms with Gasteiger partial charge in [0.05, 0.1) is 12.2 Å². The summed E-state index contributed by atoms with van der Waals surface area (Å²) < 4.78 is 20.9. The molecule has 110 valence electrons. The second-order valence-corrected chi connectivity index (χ2v) is 5.40. The smallest absolute Gasteiger partial charge is 0.134 e. The molecule has 0 aliphatic heterocycles. The van der Waals surface area contributed by atoms with Gasteiger partial charge in [-0.05, 0) is 43.5 Å². The molecule has 0 saturated heterocycles. The maximum atomic E-state index is 13.3. The van der Waals surface area contributed by atoms with Gasteiger partial charge < -0.3 is 10.2 Å². The standard InChI is InChI=1S/C16H18FN3O/c1-10-13-7-12(17)4-6-15(13)21-16(10)14(18)5-3-11-8-19-20(2)9-11/h4,6-9,14H,3,5,18H2,1-2H3. The molecular weight excluding hydrogens is 269 g/mol. The molecule has 1 atom stereocenters. The summed E-state index contributed by atoms with van der Waals surface area (Å²) in [5.74, 6) is 0.473. The van der Waals surface area contributed by atoms with Gasteiger partial charge in [-0.25, -0.2) is 4.39 Å². The van der Waals surface area contributed by atoms with Crippen molar-refractivity contribution in [2.24, 2.45) is 12.8 Å². The summed E-state index contributed by atoms with van der Waals surface area (Å²) in [7, 11) is 1.89. The normalized spacial score (nSPS) is 13.0. The Morgan fingerprint density at radius 3 is 2.95 bits per heavy atom. The van der Waals surface area contributed by atoms with E-state index in [4.69, 9.17) is 10.2 Å². The molecule has 0 aliphatic rings. The molecule has 5 heteroatoms. The Bertz CT molecular complexity index is 775. The zero-order valence-corrected chi connectivity index (χ0v) is 12.1. The van der Waals surface area contributed by atoms with Crippen LogP contribution in [0.25, 0.3) is 11.0 Å². The number of aryl methyl sites for hydroxylation is 3. The number of hydrogen-bond acceptors (Lipinski definition) is 3. The van der Waals surface area contributed by atoms with Crippen LogP contribution >= 0.6 is 0 Å². The molecule has 0 saturated carbocycles. The van der Waals surface area contributed by atoms with E-state index < -0.39 is 0 Å². The molecule has 0 amide bonds. The van der Waals surface area contributed by atoms with Gasteiger partial charge in [0.1, 0.15) is 17.2 Å². The zero-order chi connectivity index (χ0) is 15.0. The molecule has 0 spiro atoms. The molecular formula is C16H18FN3O. The van der Waals surface area contributed by atoms with Crippen LogP contribution in [0, 0.1) is 12.7 Å². The van der Waals surface area contributed by atoms with Crippen LogP contribution < -0.4 is 5.73 Å². The van der Waals surface area contributed by atoms with Gasteiger partial charge in [0.15, 0.2) is 0 Å². The largest absolute Gasteiger partial charge is 0.459 e. The second-order valence-electron chi connectivity index (χ2n) is 5.40. The first-order chi connectivity index (χ1) is 10.0. The first-order valence-corrected chi connectivity index (χ1v) is 6.96. The Hall–Kier alpha value is -2.14. The number of nitrogens with two attached hydrogens (primary N) is 1. The fourth-order valence-corrected chi connectivity index (χ4v) is 2.62. The minimum atomic E-state index is -0.262. The topological polar surface area (TPSA) is 57.0 Å². The lowest BCUT2D eigenvalue weighted by Gasteiger charge is -2.08. The third kappa shape index (κ3) is 2.69. The molecule has 2 N–H and O–H groups in total. The van der Waals surface area contributed by atoms with Crippen molar-refractivity contribution in [1.29, 1.82) is 0 Å². The van der Waals surface area contributed by atoms with E-state index in [9.17, 15) is 4.39 Å². The highest BCUT2D eigenvalue weighted by molar-refractivity contribution is 5.82. The molecule has 3 aromatic rings. The summed E-state index contributed by atoms with van der Waals surface area (Å²) in [6.07, 6.45) is 5.41. The molecule has 0 radical (unpaired) electrons. The van der Waals surface area contributed by atoms with Crippen LogP contribution in [0.15, 0.2) is 35.0 Å². The number of furan rings is 1. The van der Waals surface area contributed by atoms with E-state index in [1.165, 1.54) is 12.1 Å². The fraction of sp³-hybridized carbons (Fsp3) is 0.312. The summed E-state index contributed by atoms with van der Waals surface area (Å²) in [6.45, 7) is 1.92. The second kappa shape index (κ2) is 5.33. The average Bonchev–Trinajstić information content (AvgIpc) is 3.01. The van der Waals surface area contributed by atoms with Gasteiger partial charge in [0.2, 0.25) is 0 Å². The van der Waals surface area contributed by atoms with Crippen molar-refractivity contribution >= 4 is 11.0 Å². The van der Waals surface area contributed by atoms with Crippen LogP contribution in [0.3, 0.4) is 0 Å². The predicted octanol–water partition coefficient (Wildman–Crippen LogP) is 3.25. The number of rotatable bonds is 4. The van der Waals surface area contributed by atoms with Crippen LogP contribution in [0.4, 0.5) is 4.39 Å². The molecule has 0 bridgehead atoms. The summed E-state index contributed by atoms with van der Waals surface area (Å²) in [6, 6.07) is 4.33. The lowest BCUT2D eigenvalue weighted by Crippen LogP contribution is -2.11. The number of halogens is 1. The zero-order valence-electron chi connectivity index (χ0n) is 12.1. The molecule has 2 heterocycles. The highest BCUT2D eigenvalue weighted by Crippen LogP contribution is 2.30. The predicted molar refractivity (Wildman–Crippen MR) is 79.4 cm³/mol. The van der Waals surface area contributed by atoms with Crippen molar-refractivity contribution in [2.75, 3.05) is 0 Å². The third-order valence-electron chi connectivity index (χ3n) is 3.77. The van der Waals surface area contributed by atoms with E-state index in [1.54, 1.807) is 10.7 Å². The number of hydrogen-bond donors (Lipinski definition) is 1. The summed E-state index contributed by atoms with van der Waals surface area (Å²) in [5.41, 5.74) is 8.98. The monoisotopic (exact) mass is 287 g/mol. The van der Waals surface area contributed by atoms with Crippen molar-refractivity contribution < 1.29 is 8.81 Å². The Morgan fingerprint density at radius 1 is 1.43 bits per heavy atom.